The fourth-order valence-electron chi connectivity index (χ4n) is 3.56. The van der Waals surface area contributed by atoms with Crippen molar-refractivity contribution in [2.75, 3.05) is 0 Å². The van der Waals surface area contributed by atoms with Gasteiger partial charge < -0.3 is 0 Å². The minimum atomic E-state index is 0.449. The zero-order chi connectivity index (χ0) is 13.5. The van der Waals surface area contributed by atoms with Crippen molar-refractivity contribution in [1.29, 1.82) is 0 Å². The van der Waals surface area contributed by atoms with E-state index < -0.39 is 0 Å². The summed E-state index contributed by atoms with van der Waals surface area (Å²) in [5.74, 6) is 0.449. The van der Waals surface area contributed by atoms with E-state index in [1.807, 2.05) is 0 Å². The summed E-state index contributed by atoms with van der Waals surface area (Å²) in [5.41, 5.74) is 8.75. The Bertz CT molecular complexity index is 668. The summed E-state index contributed by atoms with van der Waals surface area (Å²) in [6.45, 7) is 2.34. The van der Waals surface area contributed by atoms with Crippen molar-refractivity contribution in [3.8, 4) is 0 Å². The van der Waals surface area contributed by atoms with Gasteiger partial charge in [-0.1, -0.05) is 67.6 Å². The first kappa shape index (κ1) is 11.7. The number of rotatable bonds is 2. The van der Waals surface area contributed by atoms with E-state index >= 15 is 0 Å². The highest BCUT2D eigenvalue weighted by Gasteiger charge is 2.19. The second-order valence-electron chi connectivity index (χ2n) is 5.77. The molecular weight excluding hydrogens is 240 g/mol. The molecule has 0 atom stereocenters. The smallest absolute Gasteiger partial charge is 0.00730 e. The number of allylic oxidation sites excluding steroid dienone is 2. The van der Waals surface area contributed by atoms with Crippen LogP contribution in [-0.4, -0.2) is 0 Å². The molecule has 0 nitrogen and oxygen atoms in total. The number of hydrogen-bond donors (Lipinski definition) is 0. The highest BCUT2D eigenvalue weighted by atomic mass is 14.2. The van der Waals surface area contributed by atoms with Crippen molar-refractivity contribution in [2.45, 2.75) is 25.7 Å². The number of fused-ring (bicyclic) bond motifs is 2. The van der Waals surface area contributed by atoms with Crippen molar-refractivity contribution in [3.05, 3.63) is 81.9 Å². The Morgan fingerprint density at radius 1 is 0.750 bits per heavy atom. The van der Waals surface area contributed by atoms with Crippen LogP contribution in [0.15, 0.2) is 48.6 Å². The summed E-state index contributed by atoms with van der Waals surface area (Å²) in [6, 6.07) is 13.5. The zero-order valence-corrected chi connectivity index (χ0v) is 11.8. The molecule has 0 heterocycles. The SMILES string of the molecule is CC(c1cccc2c1C=CC2)c1cccc2c1C=CC2. The Hall–Kier alpha value is -2.08. The molecule has 0 fully saturated rings. The first-order valence-electron chi connectivity index (χ1n) is 7.41. The van der Waals surface area contributed by atoms with Crippen molar-refractivity contribution in [2.24, 2.45) is 0 Å². The van der Waals surface area contributed by atoms with Crippen LogP contribution >= 0.6 is 0 Å². The second-order valence-corrected chi connectivity index (χ2v) is 5.77. The van der Waals surface area contributed by atoms with Gasteiger partial charge in [-0.3, -0.25) is 0 Å². The Morgan fingerprint density at radius 3 is 1.75 bits per heavy atom. The third-order valence-corrected chi connectivity index (χ3v) is 4.64. The van der Waals surface area contributed by atoms with Crippen molar-refractivity contribution >= 4 is 12.2 Å². The maximum Gasteiger partial charge on any atom is 0.00730 e. The molecule has 20 heavy (non-hydrogen) atoms. The summed E-state index contributed by atoms with van der Waals surface area (Å²) >= 11 is 0. The van der Waals surface area contributed by atoms with Gasteiger partial charge in [0.05, 0.1) is 0 Å². The van der Waals surface area contributed by atoms with Gasteiger partial charge in [-0.15, -0.1) is 0 Å². The monoisotopic (exact) mass is 258 g/mol. The summed E-state index contributed by atoms with van der Waals surface area (Å²) < 4.78 is 0. The van der Waals surface area contributed by atoms with Gasteiger partial charge in [-0.2, -0.15) is 0 Å². The molecule has 2 aliphatic rings. The van der Waals surface area contributed by atoms with Crippen LogP contribution in [0, 0.1) is 0 Å². The molecule has 0 unspecified atom stereocenters. The number of benzene rings is 2. The lowest BCUT2D eigenvalue weighted by atomic mass is 9.85. The van der Waals surface area contributed by atoms with Crippen LogP contribution in [0.4, 0.5) is 0 Å². The lowest BCUT2D eigenvalue weighted by Gasteiger charge is -2.19. The van der Waals surface area contributed by atoms with Crippen LogP contribution in [0.5, 0.6) is 0 Å². The molecule has 4 rings (SSSR count). The van der Waals surface area contributed by atoms with E-state index in [9.17, 15) is 0 Å². The van der Waals surface area contributed by atoms with Gasteiger partial charge >= 0.3 is 0 Å². The molecule has 0 saturated carbocycles. The summed E-state index contributed by atoms with van der Waals surface area (Å²) in [4.78, 5) is 0. The van der Waals surface area contributed by atoms with E-state index in [0.29, 0.717) is 5.92 Å². The molecular formula is C20H18. The summed E-state index contributed by atoms with van der Waals surface area (Å²) in [7, 11) is 0. The normalized spacial score (nSPS) is 14.9. The van der Waals surface area contributed by atoms with Gasteiger partial charge in [0.1, 0.15) is 0 Å². The van der Waals surface area contributed by atoms with Crippen LogP contribution in [0.1, 0.15) is 46.2 Å². The van der Waals surface area contributed by atoms with E-state index in [2.05, 4.69) is 67.6 Å². The highest BCUT2D eigenvalue weighted by Crippen LogP contribution is 2.36. The van der Waals surface area contributed by atoms with Crippen LogP contribution in [-0.2, 0) is 12.8 Å². The Morgan fingerprint density at radius 2 is 1.25 bits per heavy atom. The van der Waals surface area contributed by atoms with Gasteiger partial charge in [0.25, 0.3) is 0 Å². The van der Waals surface area contributed by atoms with E-state index in [4.69, 9.17) is 0 Å². The topological polar surface area (TPSA) is 0 Å². The molecule has 98 valence electrons. The lowest BCUT2D eigenvalue weighted by molar-refractivity contribution is 0.911. The maximum atomic E-state index is 2.34. The molecule has 0 aliphatic heterocycles. The molecule has 0 radical (unpaired) electrons. The summed E-state index contributed by atoms with van der Waals surface area (Å²) in [5, 5.41) is 0. The van der Waals surface area contributed by atoms with E-state index in [0.717, 1.165) is 12.8 Å². The second kappa shape index (κ2) is 4.49. The third-order valence-electron chi connectivity index (χ3n) is 4.64. The van der Waals surface area contributed by atoms with E-state index in [1.165, 1.54) is 33.4 Å². The molecule has 2 aliphatic carbocycles. The average Bonchev–Trinajstić information content (AvgIpc) is 3.13. The van der Waals surface area contributed by atoms with Crippen molar-refractivity contribution < 1.29 is 0 Å². The predicted octanol–water partition coefficient (Wildman–Crippen LogP) is 4.98. The van der Waals surface area contributed by atoms with E-state index in [1.54, 1.807) is 0 Å². The Labute approximate surface area is 120 Å². The molecule has 0 spiro atoms. The number of hydrogen-bond acceptors (Lipinski definition) is 0. The van der Waals surface area contributed by atoms with E-state index in [-0.39, 0.29) is 0 Å². The Kier molecular flexibility index (Phi) is 2.63. The Balaban J connectivity index is 1.85. The van der Waals surface area contributed by atoms with Gasteiger partial charge in [0, 0.05) is 5.92 Å². The maximum absolute atomic E-state index is 2.34. The van der Waals surface area contributed by atoms with Gasteiger partial charge in [0.15, 0.2) is 0 Å². The molecule has 0 heteroatoms. The molecule has 0 bridgehead atoms. The molecule has 0 saturated heterocycles. The fraction of sp³-hybridized carbons (Fsp3) is 0.200. The average molecular weight is 258 g/mol. The lowest BCUT2D eigenvalue weighted by Crippen LogP contribution is -2.02. The fourth-order valence-corrected chi connectivity index (χ4v) is 3.56. The standard InChI is InChI=1S/C20H18/c1-14(17-10-2-6-15-8-4-12-19(15)17)18-11-3-7-16-9-5-13-20(16)18/h2-7,10-14H,8-9H2,1H3. The quantitative estimate of drug-likeness (QED) is 0.713. The van der Waals surface area contributed by atoms with Crippen molar-refractivity contribution in [1.82, 2.24) is 0 Å². The third kappa shape index (κ3) is 1.68. The molecule has 0 amide bonds. The van der Waals surface area contributed by atoms with Gasteiger partial charge in [-0.25, -0.2) is 0 Å². The molecule has 2 aromatic carbocycles. The van der Waals surface area contributed by atoms with Gasteiger partial charge in [-0.05, 0) is 46.2 Å². The van der Waals surface area contributed by atoms with Crippen molar-refractivity contribution in [3.63, 3.8) is 0 Å². The predicted molar refractivity (Wildman–Crippen MR) is 85.9 cm³/mol. The van der Waals surface area contributed by atoms with Crippen LogP contribution in [0.3, 0.4) is 0 Å². The minimum Gasteiger partial charge on any atom is -0.0795 e. The minimum absolute atomic E-state index is 0.449. The van der Waals surface area contributed by atoms with Crippen LogP contribution < -0.4 is 0 Å². The first-order valence-corrected chi connectivity index (χ1v) is 7.41. The highest BCUT2D eigenvalue weighted by molar-refractivity contribution is 5.68. The summed E-state index contributed by atoms with van der Waals surface area (Å²) in [6.07, 6.45) is 11.3. The van der Waals surface area contributed by atoms with Gasteiger partial charge in [0.2, 0.25) is 0 Å². The molecule has 0 N–H and O–H groups in total. The van der Waals surface area contributed by atoms with Crippen LogP contribution in [0.2, 0.25) is 0 Å². The largest absolute Gasteiger partial charge is 0.0795 e. The van der Waals surface area contributed by atoms with Crippen LogP contribution in [0.25, 0.3) is 12.2 Å². The zero-order valence-electron chi connectivity index (χ0n) is 11.8. The first-order chi connectivity index (χ1) is 9.84. The molecule has 0 aromatic heterocycles. The molecule has 2 aromatic rings.